The molecule has 1 aromatic carbocycles. The second-order valence-electron chi connectivity index (χ2n) is 3.38. The summed E-state index contributed by atoms with van der Waals surface area (Å²) in [4.78, 5) is 8.06. The number of aromatic nitrogens is 2. The highest BCUT2D eigenvalue weighted by Gasteiger charge is 1.96. The number of hydrogen-bond donors (Lipinski definition) is 1. The third-order valence-corrected chi connectivity index (χ3v) is 2.15. The van der Waals surface area contributed by atoms with Crippen LogP contribution in [0.2, 0.25) is 0 Å². The van der Waals surface area contributed by atoms with Gasteiger partial charge in [-0.2, -0.15) is 0 Å². The van der Waals surface area contributed by atoms with Gasteiger partial charge < -0.3 is 5.32 Å². The minimum atomic E-state index is -0.200. The molecule has 0 unspecified atom stereocenters. The Bertz CT molecular complexity index is 445. The number of benzene rings is 1. The maximum Gasteiger partial charge on any atom is 0.222 e. The number of nitrogens with zero attached hydrogens (tertiary/aromatic N) is 2. The van der Waals surface area contributed by atoms with Crippen molar-refractivity contribution in [3.8, 4) is 0 Å². The highest BCUT2D eigenvalue weighted by atomic mass is 19.1. The zero-order chi connectivity index (χ0) is 11.2. The van der Waals surface area contributed by atoms with Gasteiger partial charge in [0.1, 0.15) is 5.82 Å². The molecule has 4 heteroatoms. The van der Waals surface area contributed by atoms with Crippen molar-refractivity contribution in [3.05, 3.63) is 54.1 Å². The summed E-state index contributed by atoms with van der Waals surface area (Å²) in [5.74, 6) is 0.396. The Kier molecular flexibility index (Phi) is 3.43. The molecule has 0 spiro atoms. The molecule has 0 saturated carbocycles. The molecule has 0 aliphatic rings. The van der Waals surface area contributed by atoms with E-state index in [1.807, 2.05) is 6.07 Å². The van der Waals surface area contributed by atoms with Gasteiger partial charge in [-0.1, -0.05) is 12.1 Å². The van der Waals surface area contributed by atoms with Crippen LogP contribution in [0, 0.1) is 5.82 Å². The molecule has 2 rings (SSSR count). The standard InChI is InChI=1S/C12H12FN3/c13-11-4-1-3-10(9-11)5-8-16-12-14-6-2-7-15-12/h1-4,6-7,9H,5,8H2,(H,14,15,16). The molecule has 0 amide bonds. The van der Waals surface area contributed by atoms with Crippen molar-refractivity contribution in [2.75, 3.05) is 11.9 Å². The largest absolute Gasteiger partial charge is 0.354 e. The van der Waals surface area contributed by atoms with Crippen LogP contribution in [-0.2, 0) is 6.42 Å². The molecule has 0 radical (unpaired) electrons. The van der Waals surface area contributed by atoms with Crippen molar-refractivity contribution in [2.45, 2.75) is 6.42 Å². The van der Waals surface area contributed by atoms with Gasteiger partial charge in [0, 0.05) is 18.9 Å². The lowest BCUT2D eigenvalue weighted by Gasteiger charge is -2.04. The molecule has 0 aliphatic heterocycles. The molecule has 1 N–H and O–H groups in total. The van der Waals surface area contributed by atoms with Gasteiger partial charge in [-0.05, 0) is 30.2 Å². The highest BCUT2D eigenvalue weighted by Crippen LogP contribution is 2.04. The van der Waals surface area contributed by atoms with E-state index in [-0.39, 0.29) is 5.82 Å². The van der Waals surface area contributed by atoms with Gasteiger partial charge in [0.05, 0.1) is 0 Å². The van der Waals surface area contributed by atoms with Gasteiger partial charge in [0.15, 0.2) is 0 Å². The molecule has 2 aromatic rings. The molecule has 0 saturated heterocycles. The summed E-state index contributed by atoms with van der Waals surface area (Å²) < 4.78 is 12.9. The first-order chi connectivity index (χ1) is 7.84. The summed E-state index contributed by atoms with van der Waals surface area (Å²) in [5.41, 5.74) is 0.962. The quantitative estimate of drug-likeness (QED) is 0.853. The van der Waals surface area contributed by atoms with Crippen LogP contribution in [0.25, 0.3) is 0 Å². The van der Waals surface area contributed by atoms with Crippen LogP contribution in [0.1, 0.15) is 5.56 Å². The van der Waals surface area contributed by atoms with E-state index in [0.717, 1.165) is 12.0 Å². The molecular formula is C12H12FN3. The monoisotopic (exact) mass is 217 g/mol. The molecule has 1 aromatic heterocycles. The Morgan fingerprint density at radius 3 is 2.69 bits per heavy atom. The maximum atomic E-state index is 12.9. The van der Waals surface area contributed by atoms with E-state index in [2.05, 4.69) is 15.3 Å². The first kappa shape index (κ1) is 10.5. The third kappa shape index (κ3) is 3.02. The van der Waals surface area contributed by atoms with E-state index in [0.29, 0.717) is 12.5 Å². The molecule has 16 heavy (non-hydrogen) atoms. The van der Waals surface area contributed by atoms with E-state index in [1.54, 1.807) is 24.5 Å². The maximum absolute atomic E-state index is 12.9. The van der Waals surface area contributed by atoms with Crippen LogP contribution in [0.3, 0.4) is 0 Å². The van der Waals surface area contributed by atoms with Gasteiger partial charge in [0.2, 0.25) is 5.95 Å². The van der Waals surface area contributed by atoms with Gasteiger partial charge in [-0.25, -0.2) is 14.4 Å². The Labute approximate surface area is 93.4 Å². The molecule has 0 fully saturated rings. The summed E-state index contributed by atoms with van der Waals surface area (Å²) in [6.07, 6.45) is 4.10. The summed E-state index contributed by atoms with van der Waals surface area (Å²) in [6.45, 7) is 0.688. The Hall–Kier alpha value is -1.97. The first-order valence-electron chi connectivity index (χ1n) is 5.10. The predicted molar refractivity (Wildman–Crippen MR) is 60.6 cm³/mol. The first-order valence-corrected chi connectivity index (χ1v) is 5.10. The number of halogens is 1. The lowest BCUT2D eigenvalue weighted by Crippen LogP contribution is -2.07. The Balaban J connectivity index is 1.85. The minimum Gasteiger partial charge on any atom is -0.354 e. The second kappa shape index (κ2) is 5.21. The molecule has 0 bridgehead atoms. The van der Waals surface area contributed by atoms with Crippen LogP contribution in [0.5, 0.6) is 0 Å². The van der Waals surface area contributed by atoms with Crippen molar-refractivity contribution in [1.29, 1.82) is 0 Å². The lowest BCUT2D eigenvalue weighted by molar-refractivity contribution is 0.625. The summed E-state index contributed by atoms with van der Waals surface area (Å²) in [6, 6.07) is 8.35. The molecule has 82 valence electrons. The molecule has 3 nitrogen and oxygen atoms in total. The molecule has 1 heterocycles. The molecule has 0 aliphatic carbocycles. The van der Waals surface area contributed by atoms with Gasteiger partial charge in [-0.3, -0.25) is 0 Å². The smallest absolute Gasteiger partial charge is 0.222 e. The highest BCUT2D eigenvalue weighted by molar-refractivity contribution is 5.24. The third-order valence-electron chi connectivity index (χ3n) is 2.15. The predicted octanol–water partition coefficient (Wildman–Crippen LogP) is 2.27. The van der Waals surface area contributed by atoms with Crippen LogP contribution in [-0.4, -0.2) is 16.5 Å². The zero-order valence-electron chi connectivity index (χ0n) is 8.73. The van der Waals surface area contributed by atoms with Crippen molar-refractivity contribution >= 4 is 5.95 Å². The van der Waals surface area contributed by atoms with Crippen molar-refractivity contribution in [1.82, 2.24) is 9.97 Å². The van der Waals surface area contributed by atoms with Gasteiger partial charge >= 0.3 is 0 Å². The summed E-state index contributed by atoms with van der Waals surface area (Å²) in [7, 11) is 0. The molecular weight excluding hydrogens is 205 g/mol. The number of anilines is 1. The van der Waals surface area contributed by atoms with Crippen molar-refractivity contribution < 1.29 is 4.39 Å². The summed E-state index contributed by atoms with van der Waals surface area (Å²) >= 11 is 0. The minimum absolute atomic E-state index is 0.200. The van der Waals surface area contributed by atoms with Crippen molar-refractivity contribution in [3.63, 3.8) is 0 Å². The zero-order valence-corrected chi connectivity index (χ0v) is 8.73. The van der Waals surface area contributed by atoms with E-state index < -0.39 is 0 Å². The second-order valence-corrected chi connectivity index (χ2v) is 3.38. The van der Waals surface area contributed by atoms with Crippen LogP contribution in [0.4, 0.5) is 10.3 Å². The van der Waals surface area contributed by atoms with Crippen LogP contribution < -0.4 is 5.32 Å². The Morgan fingerprint density at radius 1 is 1.12 bits per heavy atom. The normalized spacial score (nSPS) is 10.1. The average Bonchev–Trinajstić information content (AvgIpc) is 2.30. The van der Waals surface area contributed by atoms with Gasteiger partial charge in [0.25, 0.3) is 0 Å². The van der Waals surface area contributed by atoms with Gasteiger partial charge in [-0.15, -0.1) is 0 Å². The fourth-order valence-corrected chi connectivity index (χ4v) is 1.40. The fraction of sp³-hybridized carbons (Fsp3) is 0.167. The lowest BCUT2D eigenvalue weighted by atomic mass is 10.1. The number of hydrogen-bond acceptors (Lipinski definition) is 3. The molecule has 0 atom stereocenters. The number of rotatable bonds is 4. The SMILES string of the molecule is Fc1cccc(CCNc2ncccn2)c1. The Morgan fingerprint density at radius 2 is 1.94 bits per heavy atom. The fourth-order valence-electron chi connectivity index (χ4n) is 1.40. The van der Waals surface area contributed by atoms with E-state index in [9.17, 15) is 4.39 Å². The number of nitrogens with one attached hydrogen (secondary N) is 1. The van der Waals surface area contributed by atoms with E-state index in [1.165, 1.54) is 12.1 Å². The van der Waals surface area contributed by atoms with E-state index in [4.69, 9.17) is 0 Å². The summed E-state index contributed by atoms with van der Waals surface area (Å²) in [5, 5.41) is 3.07. The van der Waals surface area contributed by atoms with Crippen LogP contribution in [0.15, 0.2) is 42.7 Å². The van der Waals surface area contributed by atoms with Crippen LogP contribution >= 0.6 is 0 Å². The van der Waals surface area contributed by atoms with Crippen molar-refractivity contribution in [2.24, 2.45) is 0 Å². The van der Waals surface area contributed by atoms with E-state index >= 15 is 0 Å². The topological polar surface area (TPSA) is 37.8 Å². The average molecular weight is 217 g/mol.